The fourth-order valence-electron chi connectivity index (χ4n) is 1.91. The number of nitrogens with one attached hydrogen (secondary N) is 1. The molecule has 0 aliphatic carbocycles. The molecule has 1 rings (SSSR count). The van der Waals surface area contributed by atoms with Crippen LogP contribution in [0.1, 0.15) is 25.7 Å². The zero-order valence-corrected chi connectivity index (χ0v) is 10.0. The van der Waals surface area contributed by atoms with Gasteiger partial charge in [-0.3, -0.25) is 4.79 Å². The fourth-order valence-corrected chi connectivity index (χ4v) is 1.91. The fraction of sp³-hybridized carbons (Fsp3) is 0.909. The van der Waals surface area contributed by atoms with Crippen LogP contribution < -0.4 is 5.32 Å². The van der Waals surface area contributed by atoms with E-state index < -0.39 is 12.6 Å². The van der Waals surface area contributed by atoms with Gasteiger partial charge in [0.05, 0.1) is 6.42 Å². The summed E-state index contributed by atoms with van der Waals surface area (Å²) >= 11 is 0. The summed E-state index contributed by atoms with van der Waals surface area (Å²) in [5.74, 6) is 0.137. The van der Waals surface area contributed by atoms with Crippen molar-refractivity contribution < 1.29 is 18.0 Å². The zero-order chi connectivity index (χ0) is 12.9. The Hall–Kier alpha value is -0.780. The van der Waals surface area contributed by atoms with Gasteiger partial charge in [0.1, 0.15) is 0 Å². The Morgan fingerprint density at radius 1 is 1.35 bits per heavy atom. The SMILES string of the molecule is CN(CCC(F)(F)F)C(=O)CC1CCNCC1. The van der Waals surface area contributed by atoms with Crippen LogP contribution in [0.4, 0.5) is 13.2 Å². The van der Waals surface area contributed by atoms with Gasteiger partial charge in [-0.2, -0.15) is 13.2 Å². The van der Waals surface area contributed by atoms with E-state index >= 15 is 0 Å². The molecule has 1 aliphatic rings. The summed E-state index contributed by atoms with van der Waals surface area (Å²) in [6, 6.07) is 0. The van der Waals surface area contributed by atoms with Crippen molar-refractivity contribution in [1.82, 2.24) is 10.2 Å². The summed E-state index contributed by atoms with van der Waals surface area (Å²) in [5, 5.41) is 3.19. The number of carbonyl (C=O) groups is 1. The third-order valence-corrected chi connectivity index (χ3v) is 3.08. The third kappa shape index (κ3) is 5.91. The topological polar surface area (TPSA) is 32.3 Å². The number of rotatable bonds is 4. The molecule has 0 atom stereocenters. The van der Waals surface area contributed by atoms with Crippen LogP contribution in [-0.2, 0) is 4.79 Å². The molecule has 1 fully saturated rings. The van der Waals surface area contributed by atoms with Gasteiger partial charge in [0.25, 0.3) is 0 Å². The van der Waals surface area contributed by atoms with Crippen LogP contribution in [0, 0.1) is 5.92 Å². The van der Waals surface area contributed by atoms with Crippen LogP contribution in [-0.4, -0.2) is 43.7 Å². The Labute approximate surface area is 99.4 Å². The molecule has 1 aliphatic heterocycles. The van der Waals surface area contributed by atoms with Crippen molar-refractivity contribution in [3.63, 3.8) is 0 Å². The van der Waals surface area contributed by atoms with Gasteiger partial charge in [-0.25, -0.2) is 0 Å². The number of hydrogen-bond donors (Lipinski definition) is 1. The summed E-state index contributed by atoms with van der Waals surface area (Å²) < 4.78 is 36.0. The predicted molar refractivity (Wildman–Crippen MR) is 58.5 cm³/mol. The Morgan fingerprint density at radius 2 is 1.94 bits per heavy atom. The molecule has 1 amide bonds. The van der Waals surface area contributed by atoms with Crippen molar-refractivity contribution in [3.05, 3.63) is 0 Å². The number of halogens is 3. The lowest BCUT2D eigenvalue weighted by Gasteiger charge is -2.25. The molecule has 0 aromatic heterocycles. The molecule has 0 bridgehead atoms. The first-order chi connectivity index (χ1) is 7.88. The molecule has 0 aromatic rings. The van der Waals surface area contributed by atoms with Gasteiger partial charge in [0.15, 0.2) is 0 Å². The molecule has 3 nitrogen and oxygen atoms in total. The standard InChI is InChI=1S/C11H19F3N2O/c1-16(7-4-11(12,13)14)10(17)8-9-2-5-15-6-3-9/h9,15H,2-8H2,1H3. The van der Waals surface area contributed by atoms with Crippen LogP contribution in [0.25, 0.3) is 0 Å². The van der Waals surface area contributed by atoms with E-state index in [1.54, 1.807) is 0 Å². The van der Waals surface area contributed by atoms with Crippen molar-refractivity contribution >= 4 is 5.91 Å². The van der Waals surface area contributed by atoms with Crippen molar-refractivity contribution in [2.75, 3.05) is 26.7 Å². The molecule has 6 heteroatoms. The minimum Gasteiger partial charge on any atom is -0.345 e. The van der Waals surface area contributed by atoms with E-state index in [1.807, 2.05) is 0 Å². The molecule has 0 unspecified atom stereocenters. The molecular formula is C11H19F3N2O. The molecule has 0 spiro atoms. The maximum absolute atomic E-state index is 12.0. The normalized spacial score (nSPS) is 18.1. The van der Waals surface area contributed by atoms with Crippen molar-refractivity contribution in [2.45, 2.75) is 31.9 Å². The molecule has 1 saturated heterocycles. The summed E-state index contributed by atoms with van der Waals surface area (Å²) in [4.78, 5) is 12.9. The lowest BCUT2D eigenvalue weighted by atomic mass is 9.94. The average molecular weight is 252 g/mol. The molecule has 0 radical (unpaired) electrons. The van der Waals surface area contributed by atoms with Gasteiger partial charge in [-0.05, 0) is 31.8 Å². The molecule has 0 aromatic carbocycles. The van der Waals surface area contributed by atoms with E-state index in [9.17, 15) is 18.0 Å². The first kappa shape index (κ1) is 14.3. The maximum Gasteiger partial charge on any atom is 0.390 e. The molecule has 17 heavy (non-hydrogen) atoms. The second-order valence-corrected chi connectivity index (χ2v) is 4.58. The lowest BCUT2D eigenvalue weighted by Crippen LogP contribution is -2.34. The maximum atomic E-state index is 12.0. The summed E-state index contributed by atoms with van der Waals surface area (Å²) in [7, 11) is 1.44. The Bertz CT molecular complexity index is 250. The number of hydrogen-bond acceptors (Lipinski definition) is 2. The first-order valence-electron chi connectivity index (χ1n) is 5.90. The minimum atomic E-state index is -4.19. The van der Waals surface area contributed by atoms with Crippen molar-refractivity contribution in [3.8, 4) is 0 Å². The van der Waals surface area contributed by atoms with Gasteiger partial charge in [0, 0.05) is 20.0 Å². The van der Waals surface area contributed by atoms with Gasteiger partial charge >= 0.3 is 6.18 Å². The predicted octanol–water partition coefficient (Wildman–Crippen LogP) is 1.79. The Kier molecular flexibility index (Phi) is 5.24. The monoisotopic (exact) mass is 252 g/mol. The second-order valence-electron chi connectivity index (χ2n) is 4.58. The highest BCUT2D eigenvalue weighted by molar-refractivity contribution is 5.76. The highest BCUT2D eigenvalue weighted by Gasteiger charge is 2.28. The highest BCUT2D eigenvalue weighted by atomic mass is 19.4. The van der Waals surface area contributed by atoms with Gasteiger partial charge in [0.2, 0.25) is 5.91 Å². The van der Waals surface area contributed by atoms with Crippen LogP contribution in [0.3, 0.4) is 0 Å². The molecule has 100 valence electrons. The molecule has 0 saturated carbocycles. The van der Waals surface area contributed by atoms with Gasteiger partial charge in [-0.1, -0.05) is 0 Å². The van der Waals surface area contributed by atoms with Gasteiger partial charge < -0.3 is 10.2 Å². The second kappa shape index (κ2) is 6.23. The first-order valence-corrected chi connectivity index (χ1v) is 5.90. The smallest absolute Gasteiger partial charge is 0.345 e. The van der Waals surface area contributed by atoms with E-state index in [2.05, 4.69) is 5.32 Å². The summed E-state index contributed by atoms with van der Waals surface area (Å²) in [6.45, 7) is 1.54. The molecular weight excluding hydrogens is 233 g/mol. The van der Waals surface area contributed by atoms with E-state index in [0.717, 1.165) is 25.9 Å². The Balaban J connectivity index is 2.26. The van der Waals surface area contributed by atoms with Crippen LogP contribution >= 0.6 is 0 Å². The van der Waals surface area contributed by atoms with E-state index in [-0.39, 0.29) is 12.5 Å². The minimum absolute atomic E-state index is 0.179. The average Bonchev–Trinajstić information content (AvgIpc) is 2.26. The number of nitrogens with zero attached hydrogens (tertiary/aromatic N) is 1. The van der Waals surface area contributed by atoms with E-state index in [1.165, 1.54) is 11.9 Å². The number of amides is 1. The van der Waals surface area contributed by atoms with Crippen LogP contribution in [0.15, 0.2) is 0 Å². The third-order valence-electron chi connectivity index (χ3n) is 3.08. The number of piperidine rings is 1. The van der Waals surface area contributed by atoms with Crippen LogP contribution in [0.5, 0.6) is 0 Å². The van der Waals surface area contributed by atoms with E-state index in [4.69, 9.17) is 0 Å². The van der Waals surface area contributed by atoms with E-state index in [0.29, 0.717) is 12.3 Å². The number of alkyl halides is 3. The quantitative estimate of drug-likeness (QED) is 0.827. The molecule has 1 N–H and O–H groups in total. The van der Waals surface area contributed by atoms with Crippen molar-refractivity contribution in [1.29, 1.82) is 0 Å². The summed E-state index contributed by atoms with van der Waals surface area (Å²) in [6.07, 6.45) is -2.89. The van der Waals surface area contributed by atoms with Crippen molar-refractivity contribution in [2.24, 2.45) is 5.92 Å². The Morgan fingerprint density at radius 3 is 2.47 bits per heavy atom. The number of carbonyl (C=O) groups excluding carboxylic acids is 1. The summed E-state index contributed by atoms with van der Waals surface area (Å²) in [5.41, 5.74) is 0. The van der Waals surface area contributed by atoms with Gasteiger partial charge in [-0.15, -0.1) is 0 Å². The molecule has 1 heterocycles. The highest BCUT2D eigenvalue weighted by Crippen LogP contribution is 2.21. The zero-order valence-electron chi connectivity index (χ0n) is 10.0. The van der Waals surface area contributed by atoms with Crippen LogP contribution in [0.2, 0.25) is 0 Å². The lowest BCUT2D eigenvalue weighted by molar-refractivity contribution is -0.144. The largest absolute Gasteiger partial charge is 0.390 e.